The van der Waals surface area contributed by atoms with Gasteiger partial charge in [0.15, 0.2) is 0 Å². The van der Waals surface area contributed by atoms with E-state index < -0.39 is 5.97 Å². The molecule has 2 unspecified atom stereocenters. The molecule has 0 aromatic heterocycles. The zero-order chi connectivity index (χ0) is 13.8. The molecule has 1 amide bonds. The van der Waals surface area contributed by atoms with E-state index >= 15 is 0 Å². The largest absolute Gasteiger partial charge is 0.481 e. The lowest BCUT2D eigenvalue weighted by Crippen LogP contribution is -2.33. The fourth-order valence-electron chi connectivity index (χ4n) is 2.56. The topological polar surface area (TPSA) is 66.4 Å². The predicted octanol–water partition coefficient (Wildman–Crippen LogP) is 2.68. The first-order chi connectivity index (χ1) is 9.08. The number of rotatable bonds is 4. The lowest BCUT2D eigenvalue weighted by Gasteiger charge is -2.16. The molecule has 1 aromatic carbocycles. The molecule has 4 nitrogen and oxygen atoms in total. The number of aliphatic carboxylic acids is 1. The molecule has 0 radical (unpaired) electrons. The fourth-order valence-corrected chi connectivity index (χ4v) is 2.96. The van der Waals surface area contributed by atoms with Crippen molar-refractivity contribution in [3.8, 4) is 0 Å². The van der Waals surface area contributed by atoms with Gasteiger partial charge in [-0.25, -0.2) is 0 Å². The third-order valence-electron chi connectivity index (χ3n) is 3.59. The Kier molecular flexibility index (Phi) is 4.58. The molecule has 1 saturated carbocycles. The number of carboxylic acids is 1. The van der Waals surface area contributed by atoms with E-state index in [0.717, 1.165) is 17.3 Å². The Hall–Kier alpha value is -1.36. The zero-order valence-corrected chi connectivity index (χ0v) is 12.0. The van der Waals surface area contributed by atoms with E-state index in [1.807, 2.05) is 6.07 Å². The van der Waals surface area contributed by atoms with Gasteiger partial charge in [0.25, 0.3) is 5.91 Å². The highest BCUT2D eigenvalue weighted by Crippen LogP contribution is 2.31. The second kappa shape index (κ2) is 6.19. The molecule has 1 aliphatic rings. The second-order valence-corrected chi connectivity index (χ2v) is 5.77. The van der Waals surface area contributed by atoms with Crippen molar-refractivity contribution in [3.05, 3.63) is 34.3 Å². The SMILES string of the molecule is O=C(NCC1CCCC1C(=O)O)c1cccc(Br)c1. The van der Waals surface area contributed by atoms with Crippen LogP contribution in [-0.4, -0.2) is 23.5 Å². The Bertz CT molecular complexity index is 489. The van der Waals surface area contributed by atoms with Crippen LogP contribution < -0.4 is 5.32 Å². The van der Waals surface area contributed by atoms with Gasteiger partial charge in [-0.05, 0) is 37.0 Å². The molecule has 1 aliphatic carbocycles. The minimum Gasteiger partial charge on any atom is -0.481 e. The predicted molar refractivity (Wildman–Crippen MR) is 74.9 cm³/mol. The number of benzene rings is 1. The summed E-state index contributed by atoms with van der Waals surface area (Å²) < 4.78 is 0.851. The summed E-state index contributed by atoms with van der Waals surface area (Å²) in [6, 6.07) is 7.14. The average Bonchev–Trinajstić information content (AvgIpc) is 2.84. The normalized spacial score (nSPS) is 22.2. The molecular weight excluding hydrogens is 310 g/mol. The average molecular weight is 326 g/mol. The van der Waals surface area contributed by atoms with Crippen LogP contribution in [0.4, 0.5) is 0 Å². The molecule has 2 atom stereocenters. The third-order valence-corrected chi connectivity index (χ3v) is 4.08. The highest BCUT2D eigenvalue weighted by Gasteiger charge is 2.32. The van der Waals surface area contributed by atoms with Crippen LogP contribution in [0, 0.1) is 11.8 Å². The maximum Gasteiger partial charge on any atom is 0.306 e. The summed E-state index contributed by atoms with van der Waals surface area (Å²) in [5.74, 6) is -1.17. The first-order valence-electron chi connectivity index (χ1n) is 6.34. The summed E-state index contributed by atoms with van der Waals surface area (Å²) in [6.45, 7) is 0.433. The highest BCUT2D eigenvalue weighted by molar-refractivity contribution is 9.10. The number of hydrogen-bond acceptors (Lipinski definition) is 2. The van der Waals surface area contributed by atoms with Crippen LogP contribution in [0.1, 0.15) is 29.6 Å². The molecule has 0 heterocycles. The molecule has 1 fully saturated rings. The van der Waals surface area contributed by atoms with Gasteiger partial charge in [-0.15, -0.1) is 0 Å². The summed E-state index contributed by atoms with van der Waals surface area (Å²) in [6.07, 6.45) is 2.51. The van der Waals surface area contributed by atoms with E-state index in [1.165, 1.54) is 0 Å². The van der Waals surface area contributed by atoms with Gasteiger partial charge in [0.1, 0.15) is 0 Å². The highest BCUT2D eigenvalue weighted by atomic mass is 79.9. The summed E-state index contributed by atoms with van der Waals surface area (Å²) in [5.41, 5.74) is 0.583. The summed E-state index contributed by atoms with van der Waals surface area (Å²) in [7, 11) is 0. The number of hydrogen-bond donors (Lipinski definition) is 2. The standard InChI is InChI=1S/C14H16BrNO3/c15-11-5-1-3-9(7-11)13(17)16-8-10-4-2-6-12(10)14(18)19/h1,3,5,7,10,12H,2,4,6,8H2,(H,16,17)(H,18,19). The summed E-state index contributed by atoms with van der Waals surface area (Å²) in [4.78, 5) is 23.0. The first-order valence-corrected chi connectivity index (χ1v) is 7.14. The molecular formula is C14H16BrNO3. The first kappa shape index (κ1) is 14.1. The van der Waals surface area contributed by atoms with Crippen molar-refractivity contribution in [1.29, 1.82) is 0 Å². The number of carbonyl (C=O) groups excluding carboxylic acids is 1. The van der Waals surface area contributed by atoms with Crippen LogP contribution in [0.3, 0.4) is 0 Å². The Balaban J connectivity index is 1.92. The van der Waals surface area contributed by atoms with Crippen LogP contribution in [0.15, 0.2) is 28.7 Å². The van der Waals surface area contributed by atoms with Gasteiger partial charge in [-0.2, -0.15) is 0 Å². The lowest BCUT2D eigenvalue weighted by atomic mass is 9.96. The molecule has 19 heavy (non-hydrogen) atoms. The van der Waals surface area contributed by atoms with Crippen molar-refractivity contribution in [2.24, 2.45) is 11.8 Å². The third kappa shape index (κ3) is 3.56. The van der Waals surface area contributed by atoms with E-state index in [4.69, 9.17) is 5.11 Å². The van der Waals surface area contributed by atoms with Crippen molar-refractivity contribution in [2.45, 2.75) is 19.3 Å². The van der Waals surface area contributed by atoms with Gasteiger partial charge in [0.05, 0.1) is 5.92 Å². The van der Waals surface area contributed by atoms with Crippen molar-refractivity contribution < 1.29 is 14.7 Å². The number of carbonyl (C=O) groups is 2. The molecule has 0 saturated heterocycles. The van der Waals surface area contributed by atoms with Crippen molar-refractivity contribution >= 4 is 27.8 Å². The van der Waals surface area contributed by atoms with Gasteiger partial charge in [0.2, 0.25) is 0 Å². The van der Waals surface area contributed by atoms with Crippen molar-refractivity contribution in [2.75, 3.05) is 6.54 Å². The monoisotopic (exact) mass is 325 g/mol. The van der Waals surface area contributed by atoms with E-state index in [1.54, 1.807) is 18.2 Å². The second-order valence-electron chi connectivity index (χ2n) is 4.86. The number of amides is 1. The van der Waals surface area contributed by atoms with Crippen LogP contribution in [-0.2, 0) is 4.79 Å². The minimum atomic E-state index is -0.751. The Morgan fingerprint density at radius 2 is 2.16 bits per heavy atom. The number of carboxylic acid groups (broad SMARTS) is 1. The fraction of sp³-hybridized carbons (Fsp3) is 0.429. The van der Waals surface area contributed by atoms with Crippen LogP contribution in [0.25, 0.3) is 0 Å². The van der Waals surface area contributed by atoms with E-state index in [9.17, 15) is 9.59 Å². The maximum absolute atomic E-state index is 12.0. The molecule has 2 N–H and O–H groups in total. The van der Waals surface area contributed by atoms with Gasteiger partial charge < -0.3 is 10.4 Å². The summed E-state index contributed by atoms with van der Waals surface area (Å²) in [5, 5.41) is 11.9. The molecule has 5 heteroatoms. The minimum absolute atomic E-state index is 0.0496. The molecule has 0 aliphatic heterocycles. The maximum atomic E-state index is 12.0. The number of halogens is 1. The molecule has 1 aromatic rings. The molecule has 2 rings (SSSR count). The van der Waals surface area contributed by atoms with Crippen LogP contribution in [0.5, 0.6) is 0 Å². The zero-order valence-electron chi connectivity index (χ0n) is 10.4. The van der Waals surface area contributed by atoms with Gasteiger partial charge in [0, 0.05) is 16.6 Å². The van der Waals surface area contributed by atoms with Gasteiger partial charge >= 0.3 is 5.97 Å². The number of nitrogens with one attached hydrogen (secondary N) is 1. The lowest BCUT2D eigenvalue weighted by molar-refractivity contribution is -0.142. The molecule has 0 bridgehead atoms. The Morgan fingerprint density at radius 1 is 1.37 bits per heavy atom. The van der Waals surface area contributed by atoms with Crippen molar-refractivity contribution in [1.82, 2.24) is 5.32 Å². The Labute approximate surface area is 120 Å². The van der Waals surface area contributed by atoms with Gasteiger partial charge in [-0.1, -0.05) is 28.4 Å². The smallest absolute Gasteiger partial charge is 0.306 e. The van der Waals surface area contributed by atoms with E-state index in [-0.39, 0.29) is 17.7 Å². The summed E-state index contributed by atoms with van der Waals surface area (Å²) >= 11 is 3.32. The Morgan fingerprint density at radius 3 is 2.84 bits per heavy atom. The van der Waals surface area contributed by atoms with Crippen LogP contribution in [0.2, 0.25) is 0 Å². The molecule has 102 valence electrons. The van der Waals surface area contributed by atoms with Crippen molar-refractivity contribution in [3.63, 3.8) is 0 Å². The molecule has 0 spiro atoms. The van der Waals surface area contributed by atoms with Crippen LogP contribution >= 0.6 is 15.9 Å². The van der Waals surface area contributed by atoms with E-state index in [2.05, 4.69) is 21.2 Å². The quantitative estimate of drug-likeness (QED) is 0.894. The van der Waals surface area contributed by atoms with Gasteiger partial charge in [-0.3, -0.25) is 9.59 Å². The van der Waals surface area contributed by atoms with E-state index in [0.29, 0.717) is 18.5 Å².